The van der Waals surface area contributed by atoms with Crippen molar-refractivity contribution in [1.82, 2.24) is 5.32 Å². The van der Waals surface area contributed by atoms with Gasteiger partial charge in [0.15, 0.2) is 12.4 Å². The van der Waals surface area contributed by atoms with Crippen molar-refractivity contribution in [2.75, 3.05) is 6.61 Å². The first-order chi connectivity index (χ1) is 30.3. The molecule has 0 aromatic carbocycles. The molecule has 1 amide bonds. The third-order valence-electron chi connectivity index (χ3n) is 12.1. The summed E-state index contributed by atoms with van der Waals surface area (Å²) in [5.41, 5.74) is 0. The highest BCUT2D eigenvalue weighted by Crippen LogP contribution is 2.42. The number of phosphoric ester groups is 1. The number of esters is 2. The van der Waals surface area contributed by atoms with Crippen molar-refractivity contribution in [2.24, 2.45) is 0 Å². The molecule has 14 nitrogen and oxygen atoms in total. The Morgan fingerprint density at radius 3 is 1.48 bits per heavy atom. The zero-order chi connectivity index (χ0) is 46.6. The molecule has 63 heavy (non-hydrogen) atoms. The number of aliphatic hydroxyl groups excluding tert-OH is 3. The number of carbonyl (C=O) groups excluding carboxylic acids is 3. The Kier molecular flexibility index (Phi) is 36.3. The SMILES string of the molecule is CCCCCCCCCCCCCC(=O)O[C@H](CCCCCCCCCCC)CC(=O)O[C@@H]1[C@@H](NC(=O)C[C@H](O)CCCCCCCCCCC)[C@H](O)O[C@H](CO)[C@H]1OP(=O)(O)O. The third-order valence-corrected chi connectivity index (χ3v) is 12.6. The van der Waals surface area contributed by atoms with Gasteiger partial charge >= 0.3 is 19.8 Å². The van der Waals surface area contributed by atoms with Gasteiger partial charge in [0.05, 0.1) is 25.6 Å². The van der Waals surface area contributed by atoms with E-state index >= 15 is 0 Å². The maximum Gasteiger partial charge on any atom is 0.470 e. The minimum Gasteiger partial charge on any atom is -0.462 e. The molecule has 1 saturated heterocycles. The topological polar surface area (TPSA) is 218 Å². The Bertz CT molecular complexity index is 1190. The van der Waals surface area contributed by atoms with Crippen LogP contribution in [0.2, 0.25) is 0 Å². The molecule has 0 spiro atoms. The Labute approximate surface area is 381 Å². The molecule has 1 heterocycles. The lowest BCUT2D eigenvalue weighted by Gasteiger charge is -2.43. The van der Waals surface area contributed by atoms with Crippen molar-refractivity contribution in [3.8, 4) is 0 Å². The lowest BCUT2D eigenvalue weighted by atomic mass is 9.96. The fourth-order valence-electron chi connectivity index (χ4n) is 8.35. The summed E-state index contributed by atoms with van der Waals surface area (Å²) >= 11 is 0. The Balaban J connectivity index is 2.94. The lowest BCUT2D eigenvalue weighted by Crippen LogP contribution is -2.65. The molecule has 1 fully saturated rings. The van der Waals surface area contributed by atoms with Gasteiger partial charge in [-0.15, -0.1) is 0 Å². The van der Waals surface area contributed by atoms with Crippen molar-refractivity contribution in [1.29, 1.82) is 0 Å². The van der Waals surface area contributed by atoms with Crippen LogP contribution in [-0.4, -0.2) is 92.4 Å². The molecule has 0 aromatic rings. The van der Waals surface area contributed by atoms with Gasteiger partial charge in [-0.05, 0) is 25.7 Å². The van der Waals surface area contributed by atoms with Crippen molar-refractivity contribution in [3.63, 3.8) is 0 Å². The number of phosphoric acid groups is 1. The molecular formula is C48H92NO13P. The highest BCUT2D eigenvalue weighted by molar-refractivity contribution is 7.46. The zero-order valence-electron chi connectivity index (χ0n) is 39.7. The Morgan fingerprint density at radius 2 is 1.03 bits per heavy atom. The second-order valence-electron chi connectivity index (χ2n) is 18.0. The van der Waals surface area contributed by atoms with Crippen LogP contribution < -0.4 is 5.32 Å². The van der Waals surface area contributed by atoms with Crippen LogP contribution in [0.4, 0.5) is 0 Å². The number of rotatable bonds is 42. The lowest BCUT2D eigenvalue weighted by molar-refractivity contribution is -0.256. The van der Waals surface area contributed by atoms with Gasteiger partial charge in [-0.2, -0.15) is 0 Å². The molecule has 6 N–H and O–H groups in total. The standard InChI is InChI=1S/C48H92NO13P/c1-4-7-10-13-16-19-20-23-26-29-32-35-43(53)59-40(34-31-28-25-22-18-15-12-9-6-3)37-44(54)61-47-45(48(55)60-41(38-50)46(47)62-63(56,57)58)49-42(52)36-39(51)33-30-27-24-21-17-14-11-8-5-2/h39-41,45-48,50-51,55H,4-38H2,1-3H3,(H,49,52)(H2,56,57,58)/t39-,40-,41-,45-,46-,47-,48-/m1/s1. The largest absolute Gasteiger partial charge is 0.470 e. The number of nitrogens with one attached hydrogen (secondary N) is 1. The number of hydrogen-bond acceptors (Lipinski definition) is 11. The van der Waals surface area contributed by atoms with Crippen LogP contribution in [-0.2, 0) is 37.7 Å². The fourth-order valence-corrected chi connectivity index (χ4v) is 8.92. The Morgan fingerprint density at radius 1 is 0.603 bits per heavy atom. The predicted octanol–water partition coefficient (Wildman–Crippen LogP) is 10.2. The van der Waals surface area contributed by atoms with Crippen LogP contribution in [0.1, 0.15) is 239 Å². The summed E-state index contributed by atoms with van der Waals surface area (Å²) in [5.74, 6) is -2.06. The molecule has 0 aliphatic carbocycles. The smallest absolute Gasteiger partial charge is 0.462 e. The van der Waals surface area contributed by atoms with Gasteiger partial charge in [0.1, 0.15) is 24.4 Å². The molecule has 0 bridgehead atoms. The molecule has 0 aromatic heterocycles. The number of unbranched alkanes of at least 4 members (excludes halogenated alkanes) is 26. The highest BCUT2D eigenvalue weighted by atomic mass is 31.2. The van der Waals surface area contributed by atoms with Gasteiger partial charge in [-0.3, -0.25) is 18.9 Å². The summed E-state index contributed by atoms with van der Waals surface area (Å²) in [6.07, 6.45) is 23.6. The van der Waals surface area contributed by atoms with Gasteiger partial charge in [0.25, 0.3) is 0 Å². The van der Waals surface area contributed by atoms with E-state index in [0.29, 0.717) is 25.7 Å². The molecular weight excluding hydrogens is 829 g/mol. The molecule has 0 saturated carbocycles. The first-order valence-corrected chi connectivity index (χ1v) is 26.9. The van der Waals surface area contributed by atoms with E-state index in [2.05, 4.69) is 26.1 Å². The van der Waals surface area contributed by atoms with Crippen molar-refractivity contribution in [3.05, 3.63) is 0 Å². The highest BCUT2D eigenvalue weighted by Gasteiger charge is 2.51. The molecule has 0 radical (unpaired) electrons. The number of amides is 1. The van der Waals surface area contributed by atoms with Crippen LogP contribution in [0.3, 0.4) is 0 Å². The number of ether oxygens (including phenoxy) is 3. The minimum atomic E-state index is -5.29. The van der Waals surface area contributed by atoms with E-state index < -0.39 is 75.1 Å². The van der Waals surface area contributed by atoms with E-state index in [1.807, 2.05) is 0 Å². The van der Waals surface area contributed by atoms with Crippen LogP contribution >= 0.6 is 7.82 Å². The van der Waals surface area contributed by atoms with Gasteiger partial charge < -0.3 is 44.6 Å². The van der Waals surface area contributed by atoms with E-state index in [9.17, 15) is 44.1 Å². The summed E-state index contributed by atoms with van der Waals surface area (Å²) in [7, 11) is -5.29. The average molecular weight is 922 g/mol. The number of hydrogen-bond donors (Lipinski definition) is 6. The van der Waals surface area contributed by atoms with Gasteiger partial charge in [-0.25, -0.2) is 4.57 Å². The Hall–Kier alpha value is -1.64. The van der Waals surface area contributed by atoms with Crippen LogP contribution in [0.5, 0.6) is 0 Å². The van der Waals surface area contributed by atoms with Crippen molar-refractivity contribution >= 4 is 25.7 Å². The van der Waals surface area contributed by atoms with Crippen LogP contribution in [0, 0.1) is 0 Å². The number of aliphatic hydroxyl groups is 3. The summed E-state index contributed by atoms with van der Waals surface area (Å²) in [4.78, 5) is 59.5. The van der Waals surface area contributed by atoms with Gasteiger partial charge in [-0.1, -0.05) is 194 Å². The molecule has 1 aliphatic rings. The monoisotopic (exact) mass is 922 g/mol. The minimum absolute atomic E-state index is 0.210. The fraction of sp³-hybridized carbons (Fsp3) is 0.938. The first-order valence-electron chi connectivity index (χ1n) is 25.4. The van der Waals surface area contributed by atoms with Crippen molar-refractivity contribution in [2.45, 2.75) is 282 Å². The van der Waals surface area contributed by atoms with Gasteiger partial charge in [0.2, 0.25) is 5.91 Å². The normalized spacial score (nSPS) is 20.0. The van der Waals surface area contributed by atoms with E-state index in [-0.39, 0.29) is 19.3 Å². The first kappa shape index (κ1) is 59.4. The molecule has 7 atom stereocenters. The van der Waals surface area contributed by atoms with E-state index in [1.165, 1.54) is 103 Å². The van der Waals surface area contributed by atoms with Crippen LogP contribution in [0.15, 0.2) is 0 Å². The van der Waals surface area contributed by atoms with E-state index in [0.717, 1.165) is 70.6 Å². The molecule has 15 heteroatoms. The summed E-state index contributed by atoms with van der Waals surface area (Å²) < 4.78 is 34.1. The summed E-state index contributed by atoms with van der Waals surface area (Å²) in [6.45, 7) is 5.72. The van der Waals surface area contributed by atoms with E-state index in [1.54, 1.807) is 0 Å². The molecule has 1 aliphatic heterocycles. The maximum absolute atomic E-state index is 13.7. The second kappa shape index (κ2) is 38.5. The molecule has 1 rings (SSSR count). The molecule has 0 unspecified atom stereocenters. The third kappa shape index (κ3) is 31.8. The van der Waals surface area contributed by atoms with Gasteiger partial charge in [0, 0.05) is 6.42 Å². The van der Waals surface area contributed by atoms with Crippen LogP contribution in [0.25, 0.3) is 0 Å². The second-order valence-corrected chi connectivity index (χ2v) is 19.2. The average Bonchev–Trinajstić information content (AvgIpc) is 3.23. The maximum atomic E-state index is 13.7. The van der Waals surface area contributed by atoms with E-state index in [4.69, 9.17) is 18.7 Å². The molecule has 372 valence electrons. The summed E-state index contributed by atoms with van der Waals surface area (Å²) in [5, 5.41) is 34.2. The summed E-state index contributed by atoms with van der Waals surface area (Å²) in [6, 6.07) is -1.58. The predicted molar refractivity (Wildman–Crippen MR) is 247 cm³/mol. The quantitative estimate of drug-likeness (QED) is 0.0191. The number of carbonyl (C=O) groups is 3. The zero-order valence-corrected chi connectivity index (χ0v) is 40.6. The van der Waals surface area contributed by atoms with Crippen molar-refractivity contribution < 1.29 is 62.8 Å².